The van der Waals surface area contributed by atoms with Crippen LogP contribution in [0, 0.1) is 12.7 Å². The van der Waals surface area contributed by atoms with Crippen LogP contribution in [0.25, 0.3) is 16.9 Å². The molecule has 3 rings (SSSR count). The number of aryl methyl sites for hydroxylation is 1. The van der Waals surface area contributed by atoms with Gasteiger partial charge in [0.2, 0.25) is 0 Å². The maximum Gasteiger partial charge on any atom is 0.155 e. The number of aromatic nitrogens is 3. The number of allylic oxidation sites excluding steroid dienone is 3. The van der Waals surface area contributed by atoms with Crippen molar-refractivity contribution in [2.24, 2.45) is 0 Å². The molecule has 0 atom stereocenters. The summed E-state index contributed by atoms with van der Waals surface area (Å²) < 4.78 is 15.4. The first-order valence-corrected chi connectivity index (χ1v) is 8.13. The van der Waals surface area contributed by atoms with Crippen LogP contribution in [0.1, 0.15) is 23.7 Å². The van der Waals surface area contributed by atoms with Crippen molar-refractivity contribution in [1.82, 2.24) is 19.5 Å². The Hall–Kier alpha value is -2.95. The molecule has 4 nitrogen and oxygen atoms in total. The molecule has 2 heterocycles. The molecule has 2 aromatic heterocycles. The standard InChI is InChI=1S/C20H21FN4/c1-5-6-16(18-10-12-25-19(23-18)9-11-22-25)20(24(3)4)15-7-8-17(21)14(2)13-15/h5-13H,1-4H3. The summed E-state index contributed by atoms with van der Waals surface area (Å²) in [5.74, 6) is -0.201. The van der Waals surface area contributed by atoms with Gasteiger partial charge in [0.15, 0.2) is 5.65 Å². The molecular weight excluding hydrogens is 315 g/mol. The molecular formula is C20H21FN4. The van der Waals surface area contributed by atoms with Crippen LogP contribution in [0.4, 0.5) is 4.39 Å². The van der Waals surface area contributed by atoms with Crippen LogP contribution >= 0.6 is 0 Å². The highest BCUT2D eigenvalue weighted by Gasteiger charge is 2.14. The van der Waals surface area contributed by atoms with Gasteiger partial charge in [-0.2, -0.15) is 5.10 Å². The molecule has 0 fully saturated rings. The van der Waals surface area contributed by atoms with E-state index >= 15 is 0 Å². The number of fused-ring (bicyclic) bond motifs is 1. The van der Waals surface area contributed by atoms with Gasteiger partial charge in [0.05, 0.1) is 17.6 Å². The smallest absolute Gasteiger partial charge is 0.155 e. The third-order valence-corrected chi connectivity index (χ3v) is 4.00. The zero-order chi connectivity index (χ0) is 18.0. The Morgan fingerprint density at radius 2 is 2.00 bits per heavy atom. The number of halogens is 1. The Labute approximate surface area is 146 Å². The van der Waals surface area contributed by atoms with Gasteiger partial charge in [-0.25, -0.2) is 13.9 Å². The van der Waals surface area contributed by atoms with Gasteiger partial charge in [0.1, 0.15) is 5.82 Å². The van der Waals surface area contributed by atoms with Crippen molar-refractivity contribution < 1.29 is 4.39 Å². The van der Waals surface area contributed by atoms with Crippen LogP contribution in [-0.4, -0.2) is 33.6 Å². The second kappa shape index (κ2) is 6.89. The monoisotopic (exact) mass is 336 g/mol. The first kappa shape index (κ1) is 16.9. The molecule has 0 N–H and O–H groups in total. The SMILES string of the molecule is CC=CC(=C(c1ccc(F)c(C)c1)N(C)C)c1ccn2nccc2n1. The minimum Gasteiger partial charge on any atom is -0.377 e. The Balaban J connectivity index is 2.26. The van der Waals surface area contributed by atoms with Crippen molar-refractivity contribution in [2.75, 3.05) is 14.1 Å². The number of hydrogen-bond acceptors (Lipinski definition) is 3. The molecule has 128 valence electrons. The van der Waals surface area contributed by atoms with E-state index < -0.39 is 0 Å². The highest BCUT2D eigenvalue weighted by atomic mass is 19.1. The van der Waals surface area contributed by atoms with Gasteiger partial charge >= 0.3 is 0 Å². The van der Waals surface area contributed by atoms with Crippen molar-refractivity contribution in [1.29, 1.82) is 0 Å². The molecule has 0 saturated heterocycles. The summed E-state index contributed by atoms with van der Waals surface area (Å²) in [6.45, 7) is 3.75. The predicted molar refractivity (Wildman–Crippen MR) is 99.4 cm³/mol. The van der Waals surface area contributed by atoms with Gasteiger partial charge in [0.25, 0.3) is 0 Å². The maximum atomic E-state index is 13.7. The molecule has 0 radical (unpaired) electrons. The lowest BCUT2D eigenvalue weighted by atomic mass is 10.0. The van der Waals surface area contributed by atoms with E-state index in [9.17, 15) is 4.39 Å². The normalized spacial score (nSPS) is 12.7. The lowest BCUT2D eigenvalue weighted by molar-refractivity contribution is 0.591. The van der Waals surface area contributed by atoms with E-state index in [1.807, 2.05) is 62.5 Å². The summed E-state index contributed by atoms with van der Waals surface area (Å²) >= 11 is 0. The second-order valence-electron chi connectivity index (χ2n) is 6.07. The average molecular weight is 336 g/mol. The minimum atomic E-state index is -0.201. The first-order chi connectivity index (χ1) is 12.0. The van der Waals surface area contributed by atoms with Crippen molar-refractivity contribution in [3.8, 4) is 0 Å². The van der Waals surface area contributed by atoms with Crippen molar-refractivity contribution in [3.05, 3.63) is 77.5 Å². The van der Waals surface area contributed by atoms with Gasteiger partial charge in [-0.3, -0.25) is 0 Å². The first-order valence-electron chi connectivity index (χ1n) is 8.13. The number of benzene rings is 1. The van der Waals surface area contributed by atoms with Crippen LogP contribution in [0.3, 0.4) is 0 Å². The third kappa shape index (κ3) is 3.31. The summed E-state index contributed by atoms with van der Waals surface area (Å²) in [5, 5.41) is 4.19. The molecule has 0 amide bonds. The quantitative estimate of drug-likeness (QED) is 0.670. The van der Waals surface area contributed by atoms with Gasteiger partial charge in [-0.1, -0.05) is 12.2 Å². The van der Waals surface area contributed by atoms with E-state index in [-0.39, 0.29) is 5.82 Å². The molecule has 3 aromatic rings. The lowest BCUT2D eigenvalue weighted by Crippen LogP contribution is -2.13. The van der Waals surface area contributed by atoms with Crippen LogP contribution in [-0.2, 0) is 0 Å². The summed E-state index contributed by atoms with van der Waals surface area (Å²) in [4.78, 5) is 6.75. The number of rotatable bonds is 4. The summed E-state index contributed by atoms with van der Waals surface area (Å²) in [6, 6.07) is 8.99. The molecule has 0 spiro atoms. The van der Waals surface area contributed by atoms with Crippen molar-refractivity contribution >= 4 is 16.9 Å². The third-order valence-electron chi connectivity index (χ3n) is 4.00. The fraction of sp³-hybridized carbons (Fsp3) is 0.200. The fourth-order valence-electron chi connectivity index (χ4n) is 2.86. The fourth-order valence-corrected chi connectivity index (χ4v) is 2.86. The van der Waals surface area contributed by atoms with Gasteiger partial charge in [-0.15, -0.1) is 0 Å². The molecule has 0 aliphatic heterocycles. The maximum absolute atomic E-state index is 13.7. The topological polar surface area (TPSA) is 33.4 Å². The van der Waals surface area contributed by atoms with E-state index in [4.69, 9.17) is 4.98 Å². The lowest BCUT2D eigenvalue weighted by Gasteiger charge is -2.22. The molecule has 25 heavy (non-hydrogen) atoms. The van der Waals surface area contributed by atoms with Crippen LogP contribution in [0.15, 0.2) is 54.9 Å². The summed E-state index contributed by atoms with van der Waals surface area (Å²) in [6.07, 6.45) is 7.63. The number of hydrogen-bond donors (Lipinski definition) is 0. The van der Waals surface area contributed by atoms with E-state index in [1.165, 1.54) is 6.07 Å². The van der Waals surface area contributed by atoms with Crippen LogP contribution in [0.5, 0.6) is 0 Å². The van der Waals surface area contributed by atoms with Crippen LogP contribution < -0.4 is 0 Å². The van der Waals surface area contributed by atoms with Gasteiger partial charge in [-0.05, 0) is 49.2 Å². The molecule has 5 heteroatoms. The van der Waals surface area contributed by atoms with Gasteiger partial charge in [0, 0.05) is 31.9 Å². The molecule has 0 aliphatic rings. The van der Waals surface area contributed by atoms with E-state index in [0.29, 0.717) is 5.56 Å². The minimum absolute atomic E-state index is 0.201. The second-order valence-corrected chi connectivity index (χ2v) is 6.07. The Morgan fingerprint density at radius 3 is 2.68 bits per heavy atom. The van der Waals surface area contributed by atoms with Crippen molar-refractivity contribution in [2.45, 2.75) is 13.8 Å². The highest BCUT2D eigenvalue weighted by molar-refractivity contribution is 5.93. The number of nitrogens with zero attached hydrogens (tertiary/aromatic N) is 4. The Bertz CT molecular complexity index is 967. The zero-order valence-corrected chi connectivity index (χ0v) is 14.9. The summed E-state index contributed by atoms with van der Waals surface area (Å²) in [7, 11) is 3.96. The predicted octanol–water partition coefficient (Wildman–Crippen LogP) is 4.18. The average Bonchev–Trinajstić information content (AvgIpc) is 3.05. The molecule has 0 aliphatic carbocycles. The van der Waals surface area contributed by atoms with E-state index in [2.05, 4.69) is 5.10 Å². The van der Waals surface area contributed by atoms with E-state index in [0.717, 1.165) is 28.2 Å². The molecule has 0 unspecified atom stereocenters. The largest absolute Gasteiger partial charge is 0.377 e. The Kier molecular flexibility index (Phi) is 4.65. The molecule has 1 aromatic carbocycles. The van der Waals surface area contributed by atoms with Gasteiger partial charge < -0.3 is 4.90 Å². The molecule has 0 bridgehead atoms. The highest BCUT2D eigenvalue weighted by Crippen LogP contribution is 2.29. The summed E-state index contributed by atoms with van der Waals surface area (Å²) in [5.41, 5.74) is 5.16. The molecule has 0 saturated carbocycles. The Morgan fingerprint density at radius 1 is 1.20 bits per heavy atom. The van der Waals surface area contributed by atoms with E-state index in [1.54, 1.807) is 23.7 Å². The zero-order valence-electron chi connectivity index (χ0n) is 14.9. The van der Waals surface area contributed by atoms with Crippen molar-refractivity contribution in [3.63, 3.8) is 0 Å². The van der Waals surface area contributed by atoms with Crippen LogP contribution in [0.2, 0.25) is 0 Å².